The first-order valence-corrected chi connectivity index (χ1v) is 7.16. The summed E-state index contributed by atoms with van der Waals surface area (Å²) in [5.74, 6) is 0.184. The van der Waals surface area contributed by atoms with Gasteiger partial charge in [0.25, 0.3) is 0 Å². The average Bonchev–Trinajstić information content (AvgIpc) is 2.83. The minimum absolute atomic E-state index is 0.0248. The largest absolute Gasteiger partial charge is 0.478 e. The van der Waals surface area contributed by atoms with Crippen molar-refractivity contribution in [3.63, 3.8) is 0 Å². The number of carboxylic acid groups (broad SMARTS) is 1. The summed E-state index contributed by atoms with van der Waals surface area (Å²) in [6.07, 6.45) is 0. The van der Waals surface area contributed by atoms with Gasteiger partial charge in [-0.15, -0.1) is 0 Å². The van der Waals surface area contributed by atoms with E-state index in [1.54, 1.807) is 0 Å². The molecule has 2 aromatic heterocycles. The number of thioether (sulfide) groups is 1. The van der Waals surface area contributed by atoms with Gasteiger partial charge in [-0.05, 0) is 6.92 Å². The van der Waals surface area contributed by atoms with Crippen LogP contribution < -0.4 is 5.69 Å². The highest BCUT2D eigenvalue weighted by Gasteiger charge is 2.18. The molecule has 0 spiro atoms. The van der Waals surface area contributed by atoms with Crippen LogP contribution in [0.15, 0.2) is 14.3 Å². The van der Waals surface area contributed by atoms with Crippen LogP contribution in [-0.4, -0.2) is 31.2 Å². The summed E-state index contributed by atoms with van der Waals surface area (Å²) in [6.45, 7) is 5.39. The Hall–Kier alpha value is -2.16. The van der Waals surface area contributed by atoms with Crippen molar-refractivity contribution in [2.24, 2.45) is 0 Å². The molecular formula is C12H14N4O4S. The number of aromatic nitrogens is 4. The lowest BCUT2D eigenvalue weighted by molar-refractivity contribution is 0.0690. The monoisotopic (exact) mass is 310 g/mol. The summed E-state index contributed by atoms with van der Waals surface area (Å²) in [5, 5.41) is 13.1. The zero-order valence-electron chi connectivity index (χ0n) is 11.7. The summed E-state index contributed by atoms with van der Waals surface area (Å²) >= 11 is 1.07. The number of aryl methyl sites for hydroxylation is 1. The summed E-state index contributed by atoms with van der Waals surface area (Å²) < 4.78 is 5.07. The third kappa shape index (κ3) is 3.48. The molecule has 2 N–H and O–H groups in total. The number of hydrogen-bond donors (Lipinski definition) is 2. The maximum Gasteiger partial charge on any atom is 0.346 e. The number of carbonyl (C=O) groups is 1. The highest BCUT2D eigenvalue weighted by molar-refractivity contribution is 7.98. The first kappa shape index (κ1) is 15.2. The van der Waals surface area contributed by atoms with Gasteiger partial charge >= 0.3 is 11.7 Å². The van der Waals surface area contributed by atoms with Crippen molar-refractivity contribution in [1.82, 2.24) is 20.1 Å². The zero-order valence-corrected chi connectivity index (χ0v) is 12.5. The minimum atomic E-state index is -1.15. The van der Waals surface area contributed by atoms with Crippen LogP contribution in [0.1, 0.15) is 47.5 Å². The minimum Gasteiger partial charge on any atom is -0.478 e. The molecule has 0 saturated carbocycles. The number of nitrogens with zero attached hydrogens (tertiary/aromatic N) is 3. The lowest BCUT2D eigenvalue weighted by Gasteiger charge is -2.05. The molecule has 0 aliphatic carbocycles. The van der Waals surface area contributed by atoms with E-state index in [2.05, 4.69) is 20.1 Å². The van der Waals surface area contributed by atoms with Crippen LogP contribution in [0.3, 0.4) is 0 Å². The van der Waals surface area contributed by atoms with Crippen molar-refractivity contribution in [2.45, 2.75) is 37.5 Å². The molecule has 2 aromatic rings. The van der Waals surface area contributed by atoms with E-state index in [0.29, 0.717) is 11.7 Å². The normalized spacial score (nSPS) is 11.0. The van der Waals surface area contributed by atoms with Crippen molar-refractivity contribution in [1.29, 1.82) is 0 Å². The van der Waals surface area contributed by atoms with Gasteiger partial charge in [-0.1, -0.05) is 30.8 Å². The predicted octanol–water partition coefficient (Wildman–Crippen LogP) is 1.58. The number of carboxylic acids is 1. The lowest BCUT2D eigenvalue weighted by Crippen LogP contribution is -2.18. The highest BCUT2D eigenvalue weighted by Crippen LogP contribution is 2.24. The van der Waals surface area contributed by atoms with E-state index >= 15 is 0 Å². The van der Waals surface area contributed by atoms with Gasteiger partial charge in [0.05, 0.1) is 5.75 Å². The third-order valence-electron chi connectivity index (χ3n) is 2.63. The fourth-order valence-electron chi connectivity index (χ4n) is 1.61. The van der Waals surface area contributed by atoms with Crippen molar-refractivity contribution in [3.05, 3.63) is 33.5 Å². The molecule has 0 atom stereocenters. The second-order valence-corrected chi connectivity index (χ2v) is 5.61. The number of nitrogens with one attached hydrogen (secondary N) is 1. The average molecular weight is 310 g/mol. The van der Waals surface area contributed by atoms with Gasteiger partial charge in [-0.2, -0.15) is 9.97 Å². The predicted molar refractivity (Wildman–Crippen MR) is 74.5 cm³/mol. The van der Waals surface area contributed by atoms with Gasteiger partial charge in [0.1, 0.15) is 10.6 Å². The second kappa shape index (κ2) is 6.08. The molecule has 2 heterocycles. The van der Waals surface area contributed by atoms with Crippen LogP contribution in [0.2, 0.25) is 0 Å². The Kier molecular flexibility index (Phi) is 4.41. The molecule has 9 heteroatoms. The summed E-state index contributed by atoms with van der Waals surface area (Å²) in [7, 11) is 0. The number of hydrogen-bond acceptors (Lipinski definition) is 7. The van der Waals surface area contributed by atoms with E-state index in [-0.39, 0.29) is 28.0 Å². The van der Waals surface area contributed by atoms with Crippen LogP contribution in [0.25, 0.3) is 0 Å². The Balaban J connectivity index is 2.23. The number of aromatic amines is 1. The van der Waals surface area contributed by atoms with E-state index in [1.165, 1.54) is 6.92 Å². The Morgan fingerprint density at radius 2 is 2.14 bits per heavy atom. The van der Waals surface area contributed by atoms with Gasteiger partial charge in [0.15, 0.2) is 5.82 Å². The molecule has 0 aliphatic heterocycles. The first-order chi connectivity index (χ1) is 9.88. The highest BCUT2D eigenvalue weighted by atomic mass is 32.2. The summed E-state index contributed by atoms with van der Waals surface area (Å²) in [4.78, 5) is 32.8. The molecule has 0 amide bonds. The molecule has 0 aromatic carbocycles. The van der Waals surface area contributed by atoms with E-state index < -0.39 is 11.7 Å². The standard InChI is InChI=1S/C12H14N4O4S/c1-5(2)9-14-7(20-16-9)4-21-10-8(11(17)18)6(3)13-12(19)15-10/h5H,4H2,1-3H3,(H,17,18)(H,13,15,19). The van der Waals surface area contributed by atoms with Crippen LogP contribution in [0.4, 0.5) is 0 Å². The fraction of sp³-hybridized carbons (Fsp3) is 0.417. The van der Waals surface area contributed by atoms with E-state index in [9.17, 15) is 14.7 Å². The first-order valence-electron chi connectivity index (χ1n) is 6.18. The Morgan fingerprint density at radius 3 is 2.71 bits per heavy atom. The van der Waals surface area contributed by atoms with Crippen LogP contribution in [-0.2, 0) is 5.75 Å². The van der Waals surface area contributed by atoms with Crippen molar-refractivity contribution in [2.75, 3.05) is 0 Å². The lowest BCUT2D eigenvalue weighted by atomic mass is 10.2. The van der Waals surface area contributed by atoms with E-state index in [0.717, 1.165) is 11.8 Å². The summed E-state index contributed by atoms with van der Waals surface area (Å²) in [6, 6.07) is 0. The number of H-pyrrole nitrogens is 1. The van der Waals surface area contributed by atoms with Crippen LogP contribution in [0, 0.1) is 6.92 Å². The molecule has 112 valence electrons. The van der Waals surface area contributed by atoms with Crippen molar-refractivity contribution in [3.8, 4) is 0 Å². The molecule has 0 aliphatic rings. The SMILES string of the molecule is Cc1[nH]c(=O)nc(SCc2nc(C(C)C)no2)c1C(=O)O. The Labute approximate surface area is 124 Å². The Bertz CT molecular complexity index is 722. The van der Waals surface area contributed by atoms with Gasteiger partial charge in [-0.25, -0.2) is 9.59 Å². The molecule has 0 bridgehead atoms. The van der Waals surface area contributed by atoms with Crippen molar-refractivity contribution < 1.29 is 14.4 Å². The van der Waals surface area contributed by atoms with Gasteiger partial charge < -0.3 is 14.6 Å². The second-order valence-electron chi connectivity index (χ2n) is 4.64. The zero-order chi connectivity index (χ0) is 15.6. The molecule has 2 rings (SSSR count). The third-order valence-corrected chi connectivity index (χ3v) is 3.59. The molecule has 0 radical (unpaired) electrons. The molecule has 0 saturated heterocycles. The van der Waals surface area contributed by atoms with Gasteiger partial charge in [0, 0.05) is 11.6 Å². The van der Waals surface area contributed by atoms with Crippen molar-refractivity contribution >= 4 is 17.7 Å². The molecular weight excluding hydrogens is 296 g/mol. The van der Waals surface area contributed by atoms with Crippen LogP contribution >= 0.6 is 11.8 Å². The number of aromatic carboxylic acids is 1. The fourth-order valence-corrected chi connectivity index (χ4v) is 2.52. The quantitative estimate of drug-likeness (QED) is 0.630. The van der Waals surface area contributed by atoms with Gasteiger partial charge in [-0.3, -0.25) is 0 Å². The molecule has 21 heavy (non-hydrogen) atoms. The van der Waals surface area contributed by atoms with E-state index in [1.807, 2.05) is 13.8 Å². The Morgan fingerprint density at radius 1 is 1.43 bits per heavy atom. The molecule has 0 unspecified atom stereocenters. The smallest absolute Gasteiger partial charge is 0.346 e. The van der Waals surface area contributed by atoms with E-state index in [4.69, 9.17) is 4.52 Å². The number of rotatable bonds is 5. The topological polar surface area (TPSA) is 122 Å². The maximum atomic E-state index is 11.4. The van der Waals surface area contributed by atoms with Crippen LogP contribution in [0.5, 0.6) is 0 Å². The maximum absolute atomic E-state index is 11.4. The summed E-state index contributed by atoms with van der Waals surface area (Å²) in [5.41, 5.74) is -0.352. The molecule has 0 fully saturated rings. The molecule has 8 nitrogen and oxygen atoms in total. The van der Waals surface area contributed by atoms with Gasteiger partial charge in [0.2, 0.25) is 5.89 Å².